The van der Waals surface area contributed by atoms with E-state index in [0.29, 0.717) is 17.6 Å². The summed E-state index contributed by atoms with van der Waals surface area (Å²) in [7, 11) is 0. The third kappa shape index (κ3) is 6.78. The average molecular weight is 384 g/mol. The van der Waals surface area contributed by atoms with E-state index in [9.17, 15) is 14.0 Å². The van der Waals surface area contributed by atoms with Crippen molar-refractivity contribution >= 4 is 33.9 Å². The van der Waals surface area contributed by atoms with Gasteiger partial charge in [0, 0.05) is 29.2 Å². The zero-order valence-corrected chi connectivity index (χ0v) is 14.7. The number of rotatable bonds is 7. The van der Waals surface area contributed by atoms with Crippen molar-refractivity contribution in [1.29, 1.82) is 0 Å². The van der Waals surface area contributed by atoms with Crippen molar-refractivity contribution in [2.75, 3.05) is 19.7 Å². The van der Waals surface area contributed by atoms with Crippen LogP contribution in [0.2, 0.25) is 0 Å². The predicted molar refractivity (Wildman–Crippen MR) is 91.2 cm³/mol. The summed E-state index contributed by atoms with van der Waals surface area (Å²) in [6.07, 6.45) is 2.39. The number of esters is 1. The summed E-state index contributed by atoms with van der Waals surface area (Å²) in [5.41, 5.74) is 1.09. The van der Waals surface area contributed by atoms with Gasteiger partial charge in [-0.3, -0.25) is 4.79 Å². The zero-order valence-electron chi connectivity index (χ0n) is 13.1. The Kier molecular flexibility index (Phi) is 7.68. The van der Waals surface area contributed by atoms with Crippen LogP contribution in [0.5, 0.6) is 0 Å². The summed E-state index contributed by atoms with van der Waals surface area (Å²) in [4.78, 5) is 25.1. The Labute approximate surface area is 143 Å². The maximum atomic E-state index is 13.5. The first-order valence-electron chi connectivity index (χ1n) is 7.05. The molecule has 0 aliphatic carbocycles. The highest BCUT2D eigenvalue weighted by atomic mass is 79.9. The molecule has 0 radical (unpaired) electrons. The molecule has 4 nitrogen and oxygen atoms in total. The summed E-state index contributed by atoms with van der Waals surface area (Å²) >= 11 is 3.22. The number of benzene rings is 1. The third-order valence-corrected chi connectivity index (χ3v) is 3.38. The number of carbonyl (C=O) groups is 2. The molecular weight excluding hydrogens is 365 g/mol. The van der Waals surface area contributed by atoms with E-state index in [1.165, 1.54) is 23.1 Å². The van der Waals surface area contributed by atoms with Gasteiger partial charge in [0.25, 0.3) is 5.91 Å². The maximum Gasteiger partial charge on any atom is 0.331 e. The predicted octanol–water partition coefficient (Wildman–Crippen LogP) is 3.57. The van der Waals surface area contributed by atoms with Crippen molar-refractivity contribution in [3.05, 3.63) is 52.3 Å². The van der Waals surface area contributed by atoms with Gasteiger partial charge in [-0.1, -0.05) is 28.1 Å². The smallest absolute Gasteiger partial charge is 0.331 e. The molecular formula is C17H19BrFNO3. The standard InChI is InChI=1S/C17H19BrFNO3/c1-4-20(10-12(2)3)16(21)11-23-17(22)8-5-13-9-14(18)6-7-15(13)19/h5-9H,2,4,10-11H2,1,3H3/b8-5+. The molecule has 0 spiro atoms. The van der Waals surface area contributed by atoms with Crippen LogP contribution in [0.25, 0.3) is 6.08 Å². The summed E-state index contributed by atoms with van der Waals surface area (Å²) in [6, 6.07) is 4.38. The van der Waals surface area contributed by atoms with Gasteiger partial charge in [-0.15, -0.1) is 0 Å². The Morgan fingerprint density at radius 1 is 1.43 bits per heavy atom. The fourth-order valence-corrected chi connectivity index (χ4v) is 2.15. The van der Waals surface area contributed by atoms with Gasteiger partial charge < -0.3 is 9.64 Å². The van der Waals surface area contributed by atoms with Crippen LogP contribution < -0.4 is 0 Å². The van der Waals surface area contributed by atoms with Gasteiger partial charge in [-0.05, 0) is 38.1 Å². The van der Waals surface area contributed by atoms with Crippen LogP contribution >= 0.6 is 15.9 Å². The summed E-state index contributed by atoms with van der Waals surface area (Å²) in [5.74, 6) is -1.46. The molecule has 0 bridgehead atoms. The van der Waals surface area contributed by atoms with Crippen LogP contribution in [0.4, 0.5) is 4.39 Å². The highest BCUT2D eigenvalue weighted by Crippen LogP contribution is 2.16. The zero-order chi connectivity index (χ0) is 17.4. The molecule has 0 N–H and O–H groups in total. The molecule has 23 heavy (non-hydrogen) atoms. The fraction of sp³-hybridized carbons (Fsp3) is 0.294. The lowest BCUT2D eigenvalue weighted by atomic mass is 10.2. The Balaban J connectivity index is 2.56. The molecule has 0 atom stereocenters. The Hall–Kier alpha value is -1.95. The molecule has 124 valence electrons. The Morgan fingerprint density at radius 2 is 2.13 bits per heavy atom. The first kappa shape index (κ1) is 19.1. The second kappa shape index (κ2) is 9.25. The average Bonchev–Trinajstić information content (AvgIpc) is 2.50. The highest BCUT2D eigenvalue weighted by molar-refractivity contribution is 9.10. The number of hydrogen-bond donors (Lipinski definition) is 0. The van der Waals surface area contributed by atoms with Crippen molar-refractivity contribution in [2.45, 2.75) is 13.8 Å². The number of nitrogens with zero attached hydrogens (tertiary/aromatic N) is 1. The second-order valence-corrected chi connectivity index (χ2v) is 5.89. The second-order valence-electron chi connectivity index (χ2n) is 4.97. The minimum atomic E-state index is -0.705. The lowest BCUT2D eigenvalue weighted by molar-refractivity contribution is -0.147. The first-order valence-corrected chi connectivity index (χ1v) is 7.84. The van der Waals surface area contributed by atoms with E-state index in [-0.39, 0.29) is 18.1 Å². The normalized spacial score (nSPS) is 10.6. The van der Waals surface area contributed by atoms with Crippen LogP contribution in [0.1, 0.15) is 19.4 Å². The molecule has 0 aliphatic heterocycles. The van der Waals surface area contributed by atoms with Gasteiger partial charge in [0.1, 0.15) is 5.82 Å². The lowest BCUT2D eigenvalue weighted by Gasteiger charge is -2.20. The van der Waals surface area contributed by atoms with Gasteiger partial charge in [0.2, 0.25) is 0 Å². The third-order valence-electron chi connectivity index (χ3n) is 2.89. The van der Waals surface area contributed by atoms with Crippen molar-refractivity contribution in [1.82, 2.24) is 4.90 Å². The number of likely N-dealkylation sites (N-methyl/N-ethyl adjacent to an activating group) is 1. The molecule has 0 fully saturated rings. The van der Waals surface area contributed by atoms with Crippen LogP contribution in [0.15, 0.2) is 40.9 Å². The molecule has 1 amide bonds. The van der Waals surface area contributed by atoms with Crippen LogP contribution in [0, 0.1) is 5.82 Å². The largest absolute Gasteiger partial charge is 0.452 e. The fourth-order valence-electron chi connectivity index (χ4n) is 1.77. The molecule has 0 unspecified atom stereocenters. The molecule has 6 heteroatoms. The summed E-state index contributed by atoms with van der Waals surface area (Å²) in [5, 5.41) is 0. The lowest BCUT2D eigenvalue weighted by Crippen LogP contribution is -2.35. The van der Waals surface area contributed by atoms with Gasteiger partial charge in [-0.25, -0.2) is 9.18 Å². The van der Waals surface area contributed by atoms with Crippen molar-refractivity contribution in [2.24, 2.45) is 0 Å². The SMILES string of the molecule is C=C(C)CN(CC)C(=O)COC(=O)/C=C/c1cc(Br)ccc1F. The number of hydrogen-bond acceptors (Lipinski definition) is 3. The van der Waals surface area contributed by atoms with Gasteiger partial charge >= 0.3 is 5.97 Å². The number of halogens is 2. The van der Waals surface area contributed by atoms with E-state index >= 15 is 0 Å². The van der Waals surface area contributed by atoms with Crippen LogP contribution in [0.3, 0.4) is 0 Å². The van der Waals surface area contributed by atoms with Crippen molar-refractivity contribution in [3.63, 3.8) is 0 Å². The van der Waals surface area contributed by atoms with Gasteiger partial charge in [-0.2, -0.15) is 0 Å². The molecule has 0 aliphatic rings. The summed E-state index contributed by atoms with van der Waals surface area (Å²) < 4.78 is 19.1. The van der Waals surface area contributed by atoms with Crippen molar-refractivity contribution in [3.8, 4) is 0 Å². The van der Waals surface area contributed by atoms with Gasteiger partial charge in [0.15, 0.2) is 6.61 Å². The molecule has 0 aromatic heterocycles. The monoisotopic (exact) mass is 383 g/mol. The van der Waals surface area contributed by atoms with E-state index in [2.05, 4.69) is 22.5 Å². The van der Waals surface area contributed by atoms with E-state index in [0.717, 1.165) is 11.6 Å². The van der Waals surface area contributed by atoms with Crippen LogP contribution in [-0.4, -0.2) is 36.5 Å². The van der Waals surface area contributed by atoms with Crippen molar-refractivity contribution < 1.29 is 18.7 Å². The quantitative estimate of drug-likeness (QED) is 0.410. The molecule has 1 aromatic carbocycles. The molecule has 0 heterocycles. The van der Waals surface area contributed by atoms with E-state index < -0.39 is 11.8 Å². The topological polar surface area (TPSA) is 46.6 Å². The van der Waals surface area contributed by atoms with E-state index in [1.807, 2.05) is 13.8 Å². The van der Waals surface area contributed by atoms with Crippen LogP contribution in [-0.2, 0) is 14.3 Å². The first-order chi connectivity index (χ1) is 10.8. The Bertz CT molecular complexity index is 628. The molecule has 1 rings (SSSR count). The minimum Gasteiger partial charge on any atom is -0.452 e. The Morgan fingerprint density at radius 3 is 2.74 bits per heavy atom. The van der Waals surface area contributed by atoms with E-state index in [1.54, 1.807) is 6.07 Å². The number of carbonyl (C=O) groups excluding carboxylic acids is 2. The maximum absolute atomic E-state index is 13.5. The highest BCUT2D eigenvalue weighted by Gasteiger charge is 2.13. The molecule has 1 aromatic rings. The summed E-state index contributed by atoms with van der Waals surface area (Å²) in [6.45, 7) is 7.96. The number of ether oxygens (including phenoxy) is 1. The number of amides is 1. The molecule has 0 saturated carbocycles. The minimum absolute atomic E-state index is 0.250. The van der Waals surface area contributed by atoms with Gasteiger partial charge in [0.05, 0.1) is 0 Å². The van der Waals surface area contributed by atoms with E-state index in [4.69, 9.17) is 4.74 Å². The molecule has 0 saturated heterocycles.